The van der Waals surface area contributed by atoms with Crippen LogP contribution < -0.4 is 5.32 Å². The molecule has 1 N–H and O–H groups in total. The van der Waals surface area contributed by atoms with Gasteiger partial charge in [0.15, 0.2) is 0 Å². The number of hydrogen-bond donors (Lipinski definition) is 1. The highest BCUT2D eigenvalue weighted by atomic mass is 15.4. The van der Waals surface area contributed by atoms with Crippen molar-refractivity contribution in [2.45, 2.75) is 53.5 Å². The first-order valence-electron chi connectivity index (χ1n) is 6.73. The molecule has 0 saturated carbocycles. The van der Waals surface area contributed by atoms with Gasteiger partial charge in [0.2, 0.25) is 0 Å². The molecular formula is C14H25N3. The molecule has 1 aromatic heterocycles. The second-order valence-corrected chi connectivity index (χ2v) is 6.54. The minimum atomic E-state index is 0.303. The first-order valence-corrected chi connectivity index (χ1v) is 6.73. The van der Waals surface area contributed by atoms with Crippen LogP contribution in [0.3, 0.4) is 0 Å². The number of hydrogen-bond acceptors (Lipinski definition) is 2. The van der Waals surface area contributed by atoms with Gasteiger partial charge in [-0.25, -0.2) is 4.68 Å². The topological polar surface area (TPSA) is 29.9 Å². The lowest BCUT2D eigenvalue weighted by Crippen LogP contribution is -2.30. The summed E-state index contributed by atoms with van der Waals surface area (Å²) >= 11 is 0. The Morgan fingerprint density at radius 1 is 1.47 bits per heavy atom. The average Bonchev–Trinajstić information content (AvgIpc) is 2.57. The largest absolute Gasteiger partial charge is 0.370 e. The molecule has 0 aliphatic carbocycles. The van der Waals surface area contributed by atoms with Crippen LogP contribution in [0.5, 0.6) is 0 Å². The van der Waals surface area contributed by atoms with Crippen LogP contribution in [0.25, 0.3) is 0 Å². The highest BCUT2D eigenvalue weighted by Gasteiger charge is 2.27. The fraction of sp³-hybridized carbons (Fsp3) is 0.786. The summed E-state index contributed by atoms with van der Waals surface area (Å²) in [6.45, 7) is 12.4. The summed E-state index contributed by atoms with van der Waals surface area (Å²) < 4.78 is 2.20. The van der Waals surface area contributed by atoms with E-state index in [9.17, 15) is 0 Å². The Labute approximate surface area is 105 Å². The van der Waals surface area contributed by atoms with Gasteiger partial charge in [-0.2, -0.15) is 5.10 Å². The average molecular weight is 235 g/mol. The molecule has 2 heterocycles. The fourth-order valence-corrected chi connectivity index (χ4v) is 2.68. The van der Waals surface area contributed by atoms with Crippen molar-refractivity contribution in [1.29, 1.82) is 0 Å². The maximum atomic E-state index is 4.79. The van der Waals surface area contributed by atoms with Crippen LogP contribution in [0.1, 0.15) is 52.8 Å². The Kier molecular flexibility index (Phi) is 3.19. The summed E-state index contributed by atoms with van der Waals surface area (Å²) in [6.07, 6.45) is 2.20. The highest BCUT2D eigenvalue weighted by Crippen LogP contribution is 2.32. The summed E-state index contributed by atoms with van der Waals surface area (Å²) in [7, 11) is 0. The van der Waals surface area contributed by atoms with E-state index < -0.39 is 0 Å². The third-order valence-electron chi connectivity index (χ3n) is 3.49. The summed E-state index contributed by atoms with van der Waals surface area (Å²) in [5.41, 5.74) is 1.52. The lowest BCUT2D eigenvalue weighted by atomic mass is 9.91. The van der Waals surface area contributed by atoms with Gasteiger partial charge in [-0.1, -0.05) is 34.6 Å². The highest BCUT2D eigenvalue weighted by molar-refractivity contribution is 5.40. The molecule has 3 nitrogen and oxygen atoms in total. The van der Waals surface area contributed by atoms with Crippen LogP contribution in [0, 0.1) is 11.3 Å². The molecule has 2 rings (SSSR count). The normalized spacial score (nSPS) is 24.3. The molecule has 3 heteroatoms. The molecule has 17 heavy (non-hydrogen) atoms. The number of rotatable bonds is 2. The van der Waals surface area contributed by atoms with E-state index in [4.69, 9.17) is 5.10 Å². The molecular weight excluding hydrogens is 210 g/mol. The van der Waals surface area contributed by atoms with E-state index in [1.807, 2.05) is 0 Å². The van der Waals surface area contributed by atoms with Crippen molar-refractivity contribution >= 4 is 5.82 Å². The van der Waals surface area contributed by atoms with Crippen molar-refractivity contribution in [3.8, 4) is 0 Å². The van der Waals surface area contributed by atoms with Gasteiger partial charge in [0.05, 0.1) is 11.7 Å². The Hall–Kier alpha value is -0.990. The molecule has 0 fully saturated rings. The van der Waals surface area contributed by atoms with E-state index in [1.54, 1.807) is 0 Å². The Balaban J connectivity index is 2.26. The van der Waals surface area contributed by atoms with Gasteiger partial charge in [-0.3, -0.25) is 0 Å². The van der Waals surface area contributed by atoms with Crippen LogP contribution >= 0.6 is 0 Å². The lowest BCUT2D eigenvalue weighted by molar-refractivity contribution is 0.309. The molecule has 0 saturated heterocycles. The smallest absolute Gasteiger partial charge is 0.124 e. The zero-order valence-corrected chi connectivity index (χ0v) is 11.7. The molecule has 2 atom stereocenters. The molecule has 0 radical (unpaired) electrons. The van der Waals surface area contributed by atoms with E-state index in [0.29, 0.717) is 17.4 Å². The van der Waals surface area contributed by atoms with Crippen LogP contribution in [0.15, 0.2) is 6.07 Å². The second-order valence-electron chi connectivity index (χ2n) is 6.54. The van der Waals surface area contributed by atoms with Gasteiger partial charge in [0, 0.05) is 12.6 Å². The molecule has 96 valence electrons. The molecule has 1 aliphatic heterocycles. The van der Waals surface area contributed by atoms with Crippen LogP contribution in [-0.4, -0.2) is 16.3 Å². The quantitative estimate of drug-likeness (QED) is 0.850. The maximum absolute atomic E-state index is 4.79. The van der Waals surface area contributed by atoms with Crippen molar-refractivity contribution < 1.29 is 0 Å². The van der Waals surface area contributed by atoms with Crippen molar-refractivity contribution in [2.24, 2.45) is 11.3 Å². The van der Waals surface area contributed by atoms with Crippen molar-refractivity contribution in [2.75, 3.05) is 11.9 Å². The van der Waals surface area contributed by atoms with E-state index >= 15 is 0 Å². The van der Waals surface area contributed by atoms with Gasteiger partial charge in [-0.05, 0) is 24.2 Å². The molecule has 0 amide bonds. The van der Waals surface area contributed by atoms with Gasteiger partial charge < -0.3 is 5.32 Å². The van der Waals surface area contributed by atoms with Gasteiger partial charge in [-0.15, -0.1) is 0 Å². The summed E-state index contributed by atoms with van der Waals surface area (Å²) in [5.74, 6) is 1.86. The van der Waals surface area contributed by atoms with E-state index in [-0.39, 0.29) is 0 Å². The Morgan fingerprint density at radius 3 is 2.76 bits per heavy atom. The third kappa shape index (κ3) is 2.64. The third-order valence-corrected chi connectivity index (χ3v) is 3.49. The Morgan fingerprint density at radius 2 is 2.18 bits per heavy atom. The predicted molar refractivity (Wildman–Crippen MR) is 72.4 cm³/mol. The number of anilines is 1. The van der Waals surface area contributed by atoms with E-state index in [1.165, 1.54) is 11.5 Å². The van der Waals surface area contributed by atoms with Gasteiger partial charge in [0.1, 0.15) is 5.82 Å². The number of nitrogens with one attached hydrogen (secondary N) is 1. The first-order chi connectivity index (χ1) is 7.90. The predicted octanol–water partition coefficient (Wildman–Crippen LogP) is 3.48. The molecule has 0 aromatic carbocycles. The summed E-state index contributed by atoms with van der Waals surface area (Å²) in [5, 5.41) is 8.28. The van der Waals surface area contributed by atoms with Crippen molar-refractivity contribution in [3.63, 3.8) is 0 Å². The van der Waals surface area contributed by atoms with Crippen molar-refractivity contribution in [1.82, 2.24) is 9.78 Å². The zero-order valence-electron chi connectivity index (χ0n) is 11.7. The van der Waals surface area contributed by atoms with Crippen LogP contribution in [0.2, 0.25) is 0 Å². The molecule has 1 aromatic rings. The molecule has 1 aliphatic rings. The van der Waals surface area contributed by atoms with Gasteiger partial charge >= 0.3 is 0 Å². The summed E-state index contributed by atoms with van der Waals surface area (Å²) in [4.78, 5) is 0. The van der Waals surface area contributed by atoms with Crippen LogP contribution in [0.4, 0.5) is 5.82 Å². The minimum absolute atomic E-state index is 0.303. The zero-order chi connectivity index (χ0) is 12.6. The van der Waals surface area contributed by atoms with Gasteiger partial charge in [0.25, 0.3) is 0 Å². The second kappa shape index (κ2) is 4.35. The first kappa shape index (κ1) is 12.5. The van der Waals surface area contributed by atoms with Crippen LogP contribution in [-0.2, 0) is 6.42 Å². The SMILES string of the molecule is CCC1C(C)CNc2cc(CC(C)(C)C)nn21. The standard InChI is InChI=1S/C14H25N3/c1-6-12-10(2)9-15-13-7-11(16-17(12)13)8-14(3,4)5/h7,10,12,15H,6,8-9H2,1-5H3. The Bertz CT molecular complexity index is 387. The lowest BCUT2D eigenvalue weighted by Gasteiger charge is -2.30. The monoisotopic (exact) mass is 235 g/mol. The number of nitrogens with zero attached hydrogens (tertiary/aromatic N) is 2. The fourth-order valence-electron chi connectivity index (χ4n) is 2.68. The number of aromatic nitrogens is 2. The maximum Gasteiger partial charge on any atom is 0.124 e. The molecule has 0 spiro atoms. The molecule has 2 unspecified atom stereocenters. The van der Waals surface area contributed by atoms with Crippen molar-refractivity contribution in [3.05, 3.63) is 11.8 Å². The summed E-state index contributed by atoms with van der Waals surface area (Å²) in [6, 6.07) is 2.78. The number of fused-ring (bicyclic) bond motifs is 1. The minimum Gasteiger partial charge on any atom is -0.370 e. The van der Waals surface area contributed by atoms with E-state index in [0.717, 1.165) is 19.4 Å². The molecule has 0 bridgehead atoms. The van der Waals surface area contributed by atoms with E-state index in [2.05, 4.69) is 50.7 Å².